The Kier molecular flexibility index (Phi) is 41.9. The van der Waals surface area contributed by atoms with Crippen molar-refractivity contribution < 1.29 is 37.6 Å². The Morgan fingerprint density at radius 3 is 1.27 bits per heavy atom. The standard InChI is InChI=1S/C46H88NO8P/c1-3-5-7-9-11-13-15-17-19-20-21-22-23-24-25-27-28-30-32-34-36-38-45(48)52-42-44(43-54-56(50,51)53-41-40-47)55-46(49)39-37-35-33-31-29-26-18-16-14-12-10-8-6-4-2/h16-19,44H,3-15,20-43,47H2,1-2H3,(H,50,51)/b18-16+,19-17+/t44-/m0/s1. The van der Waals surface area contributed by atoms with Gasteiger partial charge in [0.25, 0.3) is 0 Å². The van der Waals surface area contributed by atoms with E-state index in [0.29, 0.717) is 6.42 Å². The minimum atomic E-state index is -4.38. The van der Waals surface area contributed by atoms with Gasteiger partial charge < -0.3 is 20.1 Å². The van der Waals surface area contributed by atoms with Crippen LogP contribution in [0.5, 0.6) is 0 Å². The summed E-state index contributed by atoms with van der Waals surface area (Å²) in [4.78, 5) is 34.9. The van der Waals surface area contributed by atoms with Gasteiger partial charge >= 0.3 is 19.8 Å². The molecule has 0 aromatic rings. The zero-order chi connectivity index (χ0) is 41.1. The Bertz CT molecular complexity index is 975. The van der Waals surface area contributed by atoms with Gasteiger partial charge in [0.1, 0.15) is 6.61 Å². The Morgan fingerprint density at radius 2 is 0.875 bits per heavy atom. The van der Waals surface area contributed by atoms with E-state index in [9.17, 15) is 19.0 Å². The van der Waals surface area contributed by atoms with Gasteiger partial charge in [-0.1, -0.05) is 173 Å². The number of ether oxygens (including phenoxy) is 2. The third-order valence-electron chi connectivity index (χ3n) is 10.1. The second-order valence-corrected chi connectivity index (χ2v) is 17.1. The Hall–Kier alpha value is -1.51. The Balaban J connectivity index is 4.06. The van der Waals surface area contributed by atoms with Crippen LogP contribution in [0.1, 0.15) is 226 Å². The zero-order valence-electron chi connectivity index (χ0n) is 36.4. The lowest BCUT2D eigenvalue weighted by atomic mass is 10.0. The van der Waals surface area contributed by atoms with Gasteiger partial charge in [0, 0.05) is 19.4 Å². The molecular formula is C46H88NO8P. The van der Waals surface area contributed by atoms with Crippen molar-refractivity contribution in [3.63, 3.8) is 0 Å². The highest BCUT2D eigenvalue weighted by molar-refractivity contribution is 7.47. The number of hydrogen-bond donors (Lipinski definition) is 2. The molecular weight excluding hydrogens is 725 g/mol. The molecule has 330 valence electrons. The molecule has 0 spiro atoms. The van der Waals surface area contributed by atoms with E-state index in [4.69, 9.17) is 24.3 Å². The fourth-order valence-corrected chi connectivity index (χ4v) is 7.33. The predicted octanol–water partition coefficient (Wildman–Crippen LogP) is 13.6. The maximum absolute atomic E-state index is 12.6. The minimum Gasteiger partial charge on any atom is -0.462 e. The van der Waals surface area contributed by atoms with Gasteiger partial charge in [-0.2, -0.15) is 0 Å². The van der Waals surface area contributed by atoms with E-state index in [1.54, 1.807) is 0 Å². The van der Waals surface area contributed by atoms with Gasteiger partial charge in [-0.25, -0.2) is 4.57 Å². The molecule has 10 heteroatoms. The number of phosphoric acid groups is 1. The van der Waals surface area contributed by atoms with Crippen LogP contribution in [0.2, 0.25) is 0 Å². The lowest BCUT2D eigenvalue weighted by Crippen LogP contribution is -2.29. The zero-order valence-corrected chi connectivity index (χ0v) is 37.3. The fourth-order valence-electron chi connectivity index (χ4n) is 6.57. The SMILES string of the molecule is CCCCCCC/C=C/CCCCCCCC(=O)O[C@@H](COC(=O)CCCCCCCCCCCCC/C=C/CCCCCCCC)COP(=O)(O)OCCN. The van der Waals surface area contributed by atoms with Gasteiger partial charge in [0.05, 0.1) is 13.2 Å². The number of phosphoric ester groups is 1. The van der Waals surface area contributed by atoms with Crippen LogP contribution in [-0.4, -0.2) is 49.3 Å². The molecule has 56 heavy (non-hydrogen) atoms. The van der Waals surface area contributed by atoms with Gasteiger partial charge in [0.2, 0.25) is 0 Å². The number of unbranched alkanes of at least 4 members (excludes halogenated alkanes) is 27. The molecule has 9 nitrogen and oxygen atoms in total. The molecule has 2 atom stereocenters. The summed E-state index contributed by atoms with van der Waals surface area (Å²) in [5, 5.41) is 0. The van der Waals surface area contributed by atoms with Crippen molar-refractivity contribution in [2.45, 2.75) is 232 Å². The van der Waals surface area contributed by atoms with E-state index in [1.165, 1.54) is 141 Å². The first kappa shape index (κ1) is 54.5. The van der Waals surface area contributed by atoms with Crippen LogP contribution in [0.15, 0.2) is 24.3 Å². The monoisotopic (exact) mass is 814 g/mol. The maximum atomic E-state index is 12.6. The molecule has 0 saturated carbocycles. The first-order chi connectivity index (χ1) is 27.3. The van der Waals surface area contributed by atoms with E-state index >= 15 is 0 Å². The third-order valence-corrected chi connectivity index (χ3v) is 11.0. The number of nitrogens with two attached hydrogens (primary N) is 1. The number of carbonyl (C=O) groups excluding carboxylic acids is 2. The van der Waals surface area contributed by atoms with Gasteiger partial charge in [-0.3, -0.25) is 18.6 Å². The molecule has 0 bridgehead atoms. The average molecular weight is 814 g/mol. The van der Waals surface area contributed by atoms with Crippen molar-refractivity contribution in [3.05, 3.63) is 24.3 Å². The largest absolute Gasteiger partial charge is 0.472 e. The van der Waals surface area contributed by atoms with Gasteiger partial charge in [-0.15, -0.1) is 0 Å². The molecule has 0 amide bonds. The summed E-state index contributed by atoms with van der Waals surface area (Å²) in [7, 11) is -4.38. The second kappa shape index (κ2) is 43.1. The van der Waals surface area contributed by atoms with Crippen molar-refractivity contribution in [1.82, 2.24) is 0 Å². The smallest absolute Gasteiger partial charge is 0.462 e. The molecule has 1 unspecified atom stereocenters. The number of carbonyl (C=O) groups is 2. The summed E-state index contributed by atoms with van der Waals surface area (Å²) in [6.07, 6.45) is 46.4. The molecule has 0 fully saturated rings. The molecule has 0 aliphatic heterocycles. The minimum absolute atomic E-state index is 0.0533. The van der Waals surface area contributed by atoms with Crippen LogP contribution >= 0.6 is 7.82 Å². The van der Waals surface area contributed by atoms with Crippen LogP contribution in [0.25, 0.3) is 0 Å². The second-order valence-electron chi connectivity index (χ2n) is 15.6. The predicted molar refractivity (Wildman–Crippen MR) is 234 cm³/mol. The third kappa shape index (κ3) is 42.1. The van der Waals surface area contributed by atoms with Gasteiger partial charge in [-0.05, 0) is 64.2 Å². The summed E-state index contributed by atoms with van der Waals surface area (Å²) >= 11 is 0. The molecule has 0 aromatic carbocycles. The normalized spacial score (nSPS) is 13.4. The quantitative estimate of drug-likeness (QED) is 0.0267. The van der Waals surface area contributed by atoms with Crippen molar-refractivity contribution >= 4 is 19.8 Å². The summed E-state index contributed by atoms with van der Waals surface area (Å²) in [6.45, 7) is 3.73. The van der Waals surface area contributed by atoms with E-state index < -0.39 is 26.5 Å². The van der Waals surface area contributed by atoms with E-state index in [2.05, 4.69) is 38.2 Å². The number of allylic oxidation sites excluding steroid dienone is 4. The molecule has 0 aliphatic carbocycles. The molecule has 0 saturated heterocycles. The van der Waals surface area contributed by atoms with Crippen LogP contribution in [-0.2, 0) is 32.7 Å². The van der Waals surface area contributed by atoms with Crippen LogP contribution < -0.4 is 5.73 Å². The van der Waals surface area contributed by atoms with Gasteiger partial charge in [0.15, 0.2) is 6.10 Å². The van der Waals surface area contributed by atoms with Crippen LogP contribution in [0, 0.1) is 0 Å². The summed E-state index contributed by atoms with van der Waals surface area (Å²) in [5.41, 5.74) is 5.35. The van der Waals surface area contributed by atoms with Crippen molar-refractivity contribution in [1.29, 1.82) is 0 Å². The van der Waals surface area contributed by atoms with Crippen molar-refractivity contribution in [2.75, 3.05) is 26.4 Å². The number of esters is 2. The molecule has 0 heterocycles. The molecule has 0 radical (unpaired) electrons. The maximum Gasteiger partial charge on any atom is 0.472 e. The summed E-state index contributed by atoms with van der Waals surface area (Å²) < 4.78 is 32.8. The Labute approximate surface area is 344 Å². The first-order valence-electron chi connectivity index (χ1n) is 23.3. The van der Waals surface area contributed by atoms with Crippen LogP contribution in [0.3, 0.4) is 0 Å². The van der Waals surface area contributed by atoms with E-state index in [-0.39, 0.29) is 38.6 Å². The molecule has 0 aromatic heterocycles. The van der Waals surface area contributed by atoms with E-state index in [1.807, 2.05) is 0 Å². The topological polar surface area (TPSA) is 134 Å². The van der Waals surface area contributed by atoms with Crippen molar-refractivity contribution in [2.24, 2.45) is 5.73 Å². The first-order valence-corrected chi connectivity index (χ1v) is 24.8. The highest BCUT2D eigenvalue weighted by Crippen LogP contribution is 2.43. The summed E-state index contributed by atoms with van der Waals surface area (Å²) in [5.74, 6) is -0.832. The lowest BCUT2D eigenvalue weighted by Gasteiger charge is -2.19. The van der Waals surface area contributed by atoms with Crippen molar-refractivity contribution in [3.8, 4) is 0 Å². The fraction of sp³-hybridized carbons (Fsp3) is 0.870. The van der Waals surface area contributed by atoms with Crippen LogP contribution in [0.4, 0.5) is 0 Å². The lowest BCUT2D eigenvalue weighted by molar-refractivity contribution is -0.161. The summed E-state index contributed by atoms with van der Waals surface area (Å²) in [6, 6.07) is 0. The number of hydrogen-bond acceptors (Lipinski definition) is 8. The molecule has 0 aliphatic rings. The van der Waals surface area contributed by atoms with E-state index in [0.717, 1.165) is 51.4 Å². The average Bonchev–Trinajstić information content (AvgIpc) is 3.18. The molecule has 0 rings (SSSR count). The highest BCUT2D eigenvalue weighted by atomic mass is 31.2. The highest BCUT2D eigenvalue weighted by Gasteiger charge is 2.26. The Morgan fingerprint density at radius 1 is 0.518 bits per heavy atom. The number of rotatable bonds is 44. The molecule has 3 N–H and O–H groups in total.